The van der Waals surface area contributed by atoms with Crippen molar-refractivity contribution in [2.45, 2.75) is 6.54 Å². The third kappa shape index (κ3) is 2.90. The third-order valence-corrected chi connectivity index (χ3v) is 2.85. The molecule has 0 radical (unpaired) electrons. The largest absolute Gasteiger partial charge is 0.365 e. The Morgan fingerprint density at radius 3 is 2.85 bits per heavy atom. The lowest BCUT2D eigenvalue weighted by molar-refractivity contribution is -0.384. The van der Waals surface area contributed by atoms with Gasteiger partial charge in [-0.1, -0.05) is 6.07 Å². The number of aromatic nitrogens is 1. The van der Waals surface area contributed by atoms with Crippen LogP contribution < -0.4 is 4.90 Å². The van der Waals surface area contributed by atoms with Gasteiger partial charge in [-0.2, -0.15) is 5.26 Å². The number of nitriles is 1. The Labute approximate surface area is 116 Å². The lowest BCUT2D eigenvalue weighted by atomic mass is 10.1. The number of hydrogen-bond donors (Lipinski definition) is 0. The van der Waals surface area contributed by atoms with Crippen molar-refractivity contribution < 1.29 is 4.92 Å². The van der Waals surface area contributed by atoms with Crippen molar-refractivity contribution in [1.29, 1.82) is 5.26 Å². The topological polar surface area (TPSA) is 83.1 Å². The summed E-state index contributed by atoms with van der Waals surface area (Å²) in [5.74, 6) is 0. The molecule has 0 bridgehead atoms. The minimum absolute atomic E-state index is 0.0737. The van der Waals surface area contributed by atoms with E-state index in [0.29, 0.717) is 12.2 Å². The highest BCUT2D eigenvalue weighted by atomic mass is 16.6. The average Bonchev–Trinajstić information content (AvgIpc) is 2.47. The molecule has 6 heteroatoms. The Morgan fingerprint density at radius 2 is 2.25 bits per heavy atom. The molecule has 0 atom stereocenters. The number of nitro groups is 1. The minimum Gasteiger partial charge on any atom is -0.365 e. The quantitative estimate of drug-likeness (QED) is 0.628. The van der Waals surface area contributed by atoms with Crippen LogP contribution in [0.15, 0.2) is 42.7 Å². The van der Waals surface area contributed by atoms with E-state index in [1.165, 1.54) is 6.07 Å². The van der Waals surface area contributed by atoms with Gasteiger partial charge in [0.05, 0.1) is 16.6 Å². The molecular formula is C14H12N4O2. The number of pyridine rings is 1. The summed E-state index contributed by atoms with van der Waals surface area (Å²) in [6, 6.07) is 10.1. The molecule has 2 aromatic rings. The molecule has 0 unspecified atom stereocenters. The van der Waals surface area contributed by atoms with E-state index in [9.17, 15) is 10.1 Å². The Kier molecular flexibility index (Phi) is 3.91. The van der Waals surface area contributed by atoms with E-state index in [0.717, 1.165) is 5.56 Å². The zero-order valence-corrected chi connectivity index (χ0v) is 10.9. The van der Waals surface area contributed by atoms with Gasteiger partial charge in [-0.05, 0) is 23.8 Å². The van der Waals surface area contributed by atoms with Crippen LogP contribution in [0.25, 0.3) is 0 Å². The van der Waals surface area contributed by atoms with E-state index in [1.54, 1.807) is 36.5 Å². The van der Waals surface area contributed by atoms with Crippen LogP contribution in [0, 0.1) is 21.4 Å². The summed E-state index contributed by atoms with van der Waals surface area (Å²) in [5.41, 5.74) is 1.62. The predicted octanol–water partition coefficient (Wildman–Crippen LogP) is 2.50. The molecule has 0 fully saturated rings. The van der Waals surface area contributed by atoms with Gasteiger partial charge in [0.25, 0.3) is 5.69 Å². The van der Waals surface area contributed by atoms with Crippen molar-refractivity contribution in [3.05, 3.63) is 64.0 Å². The molecule has 0 saturated carbocycles. The Morgan fingerprint density at radius 1 is 1.45 bits per heavy atom. The second-order valence-corrected chi connectivity index (χ2v) is 4.29. The van der Waals surface area contributed by atoms with Crippen LogP contribution in [-0.2, 0) is 6.54 Å². The fourth-order valence-corrected chi connectivity index (χ4v) is 1.91. The molecule has 2 rings (SSSR count). The molecule has 1 aromatic carbocycles. The summed E-state index contributed by atoms with van der Waals surface area (Å²) in [5, 5.41) is 19.9. The summed E-state index contributed by atoms with van der Waals surface area (Å²) in [4.78, 5) is 16.4. The molecule has 0 aliphatic carbocycles. The first-order chi connectivity index (χ1) is 9.61. The molecule has 0 N–H and O–H groups in total. The van der Waals surface area contributed by atoms with Crippen LogP contribution in [0.3, 0.4) is 0 Å². The molecule has 1 aromatic heterocycles. The SMILES string of the molecule is CN(Cc1cccnc1)c1ccc(C#N)cc1[N+](=O)[O-]. The molecule has 0 aliphatic rings. The van der Waals surface area contributed by atoms with Crippen molar-refractivity contribution in [1.82, 2.24) is 4.98 Å². The second kappa shape index (κ2) is 5.80. The van der Waals surface area contributed by atoms with E-state index in [-0.39, 0.29) is 11.3 Å². The molecule has 6 nitrogen and oxygen atoms in total. The smallest absolute Gasteiger partial charge is 0.293 e. The number of nitrogens with zero attached hydrogens (tertiary/aromatic N) is 4. The zero-order valence-electron chi connectivity index (χ0n) is 10.9. The lowest BCUT2D eigenvalue weighted by Crippen LogP contribution is -2.17. The van der Waals surface area contributed by atoms with Crippen LogP contribution in [0.5, 0.6) is 0 Å². The zero-order chi connectivity index (χ0) is 14.5. The molecule has 0 aliphatic heterocycles. The van der Waals surface area contributed by atoms with Crippen molar-refractivity contribution in [3.8, 4) is 6.07 Å². The van der Waals surface area contributed by atoms with Crippen molar-refractivity contribution in [2.75, 3.05) is 11.9 Å². The number of rotatable bonds is 4. The van der Waals surface area contributed by atoms with E-state index < -0.39 is 4.92 Å². The first-order valence-corrected chi connectivity index (χ1v) is 5.90. The van der Waals surface area contributed by atoms with Gasteiger partial charge in [-0.3, -0.25) is 15.1 Å². The minimum atomic E-state index is -0.476. The van der Waals surface area contributed by atoms with Gasteiger partial charge < -0.3 is 4.90 Å². The summed E-state index contributed by atoms with van der Waals surface area (Å²) >= 11 is 0. The van der Waals surface area contributed by atoms with Gasteiger partial charge in [0.1, 0.15) is 5.69 Å². The highest BCUT2D eigenvalue weighted by molar-refractivity contribution is 5.65. The predicted molar refractivity (Wildman–Crippen MR) is 74.2 cm³/mol. The lowest BCUT2D eigenvalue weighted by Gasteiger charge is -2.19. The van der Waals surface area contributed by atoms with E-state index in [1.807, 2.05) is 18.2 Å². The Bertz CT molecular complexity index is 665. The van der Waals surface area contributed by atoms with Gasteiger partial charge in [0.2, 0.25) is 0 Å². The normalized spacial score (nSPS) is 9.80. The Balaban J connectivity index is 2.32. The molecule has 100 valence electrons. The Hall–Kier alpha value is -2.94. The van der Waals surface area contributed by atoms with E-state index in [2.05, 4.69) is 4.98 Å². The standard InChI is InChI=1S/C14H12N4O2/c1-17(10-12-3-2-6-16-9-12)13-5-4-11(8-15)7-14(13)18(19)20/h2-7,9H,10H2,1H3. The number of benzene rings is 1. The molecule has 1 heterocycles. The summed E-state index contributed by atoms with van der Waals surface area (Å²) in [7, 11) is 1.77. The average molecular weight is 268 g/mol. The maximum absolute atomic E-state index is 11.1. The van der Waals surface area contributed by atoms with Crippen LogP contribution in [0.4, 0.5) is 11.4 Å². The molecular weight excluding hydrogens is 256 g/mol. The molecule has 0 saturated heterocycles. The number of hydrogen-bond acceptors (Lipinski definition) is 5. The highest BCUT2D eigenvalue weighted by Gasteiger charge is 2.18. The molecule has 0 amide bonds. The van der Waals surface area contributed by atoms with Gasteiger partial charge in [0, 0.05) is 32.1 Å². The van der Waals surface area contributed by atoms with Crippen LogP contribution in [0.1, 0.15) is 11.1 Å². The number of anilines is 1. The van der Waals surface area contributed by atoms with E-state index in [4.69, 9.17) is 5.26 Å². The van der Waals surface area contributed by atoms with Gasteiger partial charge in [-0.25, -0.2) is 0 Å². The number of nitro benzene ring substituents is 1. The van der Waals surface area contributed by atoms with Gasteiger partial charge in [0.15, 0.2) is 0 Å². The third-order valence-electron chi connectivity index (χ3n) is 2.85. The molecule has 0 spiro atoms. The first kappa shape index (κ1) is 13.5. The first-order valence-electron chi connectivity index (χ1n) is 5.90. The maximum Gasteiger partial charge on any atom is 0.293 e. The van der Waals surface area contributed by atoms with Crippen LogP contribution >= 0.6 is 0 Å². The summed E-state index contributed by atoms with van der Waals surface area (Å²) in [6.45, 7) is 0.501. The second-order valence-electron chi connectivity index (χ2n) is 4.29. The fourth-order valence-electron chi connectivity index (χ4n) is 1.91. The maximum atomic E-state index is 11.1. The van der Waals surface area contributed by atoms with E-state index >= 15 is 0 Å². The summed E-state index contributed by atoms with van der Waals surface area (Å²) < 4.78 is 0. The monoisotopic (exact) mass is 268 g/mol. The van der Waals surface area contributed by atoms with Crippen molar-refractivity contribution in [3.63, 3.8) is 0 Å². The summed E-state index contributed by atoms with van der Waals surface area (Å²) in [6.07, 6.45) is 3.39. The highest BCUT2D eigenvalue weighted by Crippen LogP contribution is 2.29. The van der Waals surface area contributed by atoms with Gasteiger partial charge in [-0.15, -0.1) is 0 Å². The van der Waals surface area contributed by atoms with Crippen molar-refractivity contribution >= 4 is 11.4 Å². The fraction of sp³-hybridized carbons (Fsp3) is 0.143. The van der Waals surface area contributed by atoms with Gasteiger partial charge >= 0.3 is 0 Å². The van der Waals surface area contributed by atoms with Crippen LogP contribution in [-0.4, -0.2) is 17.0 Å². The molecule has 20 heavy (non-hydrogen) atoms. The van der Waals surface area contributed by atoms with Crippen molar-refractivity contribution in [2.24, 2.45) is 0 Å². The van der Waals surface area contributed by atoms with Crippen LogP contribution in [0.2, 0.25) is 0 Å².